The number of aliphatic hydroxyl groups is 1. The summed E-state index contributed by atoms with van der Waals surface area (Å²) in [6, 6.07) is 0.137. The normalized spacial score (nSPS) is 40.5. The number of aliphatic hydroxyl groups excluding tert-OH is 1. The summed E-state index contributed by atoms with van der Waals surface area (Å²) in [7, 11) is 0. The molecule has 21 heavy (non-hydrogen) atoms. The lowest BCUT2D eigenvalue weighted by molar-refractivity contribution is -0.142. The highest BCUT2D eigenvalue weighted by Crippen LogP contribution is 2.35. The molecule has 0 unspecified atom stereocenters. The Balaban J connectivity index is 0.00000220. The van der Waals surface area contributed by atoms with E-state index in [1.165, 1.54) is 6.08 Å². The second-order valence-corrected chi connectivity index (χ2v) is 6.02. The fraction of sp³-hybridized carbons (Fsp3) is 0.688. The number of cyclic esters (lactones) is 1. The van der Waals surface area contributed by atoms with Gasteiger partial charge in [0.05, 0.1) is 12.2 Å². The Morgan fingerprint density at radius 2 is 2.10 bits per heavy atom. The number of ether oxygens (including phenoxy) is 1. The molecule has 0 aromatic carbocycles. The van der Waals surface area contributed by atoms with Gasteiger partial charge in [0.1, 0.15) is 0 Å². The minimum absolute atomic E-state index is 0. The van der Waals surface area contributed by atoms with Crippen LogP contribution in [0.2, 0.25) is 0 Å². The molecule has 1 heterocycles. The van der Waals surface area contributed by atoms with Gasteiger partial charge >= 0.3 is 5.97 Å². The molecule has 0 saturated heterocycles. The fourth-order valence-electron chi connectivity index (χ4n) is 3.17. The zero-order valence-corrected chi connectivity index (χ0v) is 13.3. The molecule has 2 aliphatic rings. The van der Waals surface area contributed by atoms with Gasteiger partial charge in [0, 0.05) is 12.1 Å². The molecule has 0 aromatic heterocycles. The lowest BCUT2D eigenvalue weighted by atomic mass is 9.90. The van der Waals surface area contributed by atoms with Crippen LogP contribution in [0.3, 0.4) is 0 Å². The van der Waals surface area contributed by atoms with Crippen molar-refractivity contribution in [3.8, 4) is 0 Å². The van der Waals surface area contributed by atoms with E-state index in [9.17, 15) is 9.90 Å². The number of hydrogen-bond donors (Lipinski definition) is 2. The van der Waals surface area contributed by atoms with Crippen molar-refractivity contribution in [1.29, 1.82) is 0 Å². The van der Waals surface area contributed by atoms with E-state index in [1.807, 2.05) is 6.92 Å². The van der Waals surface area contributed by atoms with Crippen LogP contribution >= 0.6 is 12.4 Å². The number of fused-ring (bicyclic) bond motifs is 1. The SMILES string of the molecule is C[C@H]1CCC/C=C/[C@@H]2C[C@H](N)C[C@H]2[C@H](O)/C=C/C(=O)O1.Cl. The largest absolute Gasteiger partial charge is 0.460 e. The standard InChI is InChI=1S/C16H25NO3.ClH/c1-11-5-3-2-4-6-12-9-13(17)10-14(12)15(18)7-8-16(19)20-11;/h4,6-8,11-15,18H,2-3,5,9-10,17H2,1H3;1H/b6-4+,8-7+;/t11-,12+,13-,14+,15+;/m0./s1. The molecule has 1 aliphatic carbocycles. The van der Waals surface area contributed by atoms with E-state index in [-0.39, 0.29) is 36.4 Å². The van der Waals surface area contributed by atoms with Gasteiger partial charge in [0.25, 0.3) is 0 Å². The summed E-state index contributed by atoms with van der Waals surface area (Å²) in [5, 5.41) is 10.3. The predicted molar refractivity (Wildman–Crippen MR) is 85.1 cm³/mol. The molecule has 0 radical (unpaired) electrons. The van der Waals surface area contributed by atoms with Gasteiger partial charge in [0.2, 0.25) is 0 Å². The molecule has 0 amide bonds. The van der Waals surface area contributed by atoms with Crippen molar-refractivity contribution in [2.75, 3.05) is 0 Å². The van der Waals surface area contributed by atoms with Gasteiger partial charge in [0.15, 0.2) is 0 Å². The first kappa shape index (κ1) is 18.2. The summed E-state index contributed by atoms with van der Waals surface area (Å²) in [5.41, 5.74) is 6.01. The molecule has 1 fully saturated rings. The van der Waals surface area contributed by atoms with E-state index >= 15 is 0 Å². The third kappa shape index (κ3) is 5.46. The molecule has 1 saturated carbocycles. The van der Waals surface area contributed by atoms with Gasteiger partial charge < -0.3 is 15.6 Å². The molecule has 5 heteroatoms. The molecule has 5 atom stereocenters. The van der Waals surface area contributed by atoms with Crippen molar-refractivity contribution in [3.63, 3.8) is 0 Å². The lowest BCUT2D eigenvalue weighted by Crippen LogP contribution is -2.22. The van der Waals surface area contributed by atoms with Gasteiger partial charge in [-0.2, -0.15) is 0 Å². The maximum atomic E-state index is 11.6. The molecule has 3 N–H and O–H groups in total. The number of nitrogens with two attached hydrogens (primary N) is 1. The van der Waals surface area contributed by atoms with Gasteiger partial charge in [-0.05, 0) is 56.9 Å². The van der Waals surface area contributed by atoms with Gasteiger partial charge in [-0.3, -0.25) is 0 Å². The third-order valence-corrected chi connectivity index (χ3v) is 4.25. The van der Waals surface area contributed by atoms with E-state index in [0.29, 0.717) is 5.92 Å². The van der Waals surface area contributed by atoms with Gasteiger partial charge in [-0.25, -0.2) is 4.79 Å². The van der Waals surface area contributed by atoms with Crippen LogP contribution in [-0.4, -0.2) is 29.3 Å². The Morgan fingerprint density at radius 3 is 2.86 bits per heavy atom. The molecule has 2 rings (SSSR count). The van der Waals surface area contributed by atoms with Crippen LogP contribution in [-0.2, 0) is 9.53 Å². The number of hydrogen-bond acceptors (Lipinski definition) is 4. The third-order valence-electron chi connectivity index (χ3n) is 4.25. The van der Waals surface area contributed by atoms with Crippen LogP contribution in [0.5, 0.6) is 0 Å². The highest BCUT2D eigenvalue weighted by molar-refractivity contribution is 5.85. The first-order valence-corrected chi connectivity index (χ1v) is 7.55. The summed E-state index contributed by atoms with van der Waals surface area (Å²) in [6.07, 6.45) is 11.1. The van der Waals surface area contributed by atoms with Crippen molar-refractivity contribution in [2.24, 2.45) is 17.6 Å². The molecular formula is C16H26ClNO3. The van der Waals surface area contributed by atoms with Crippen LogP contribution in [0.25, 0.3) is 0 Å². The molecule has 0 spiro atoms. The van der Waals surface area contributed by atoms with Crippen LogP contribution in [0.1, 0.15) is 39.0 Å². The fourth-order valence-corrected chi connectivity index (χ4v) is 3.17. The Bertz CT molecular complexity index is 397. The maximum absolute atomic E-state index is 11.6. The lowest BCUT2D eigenvalue weighted by Gasteiger charge is -2.19. The predicted octanol–water partition coefficient (Wildman–Crippen LogP) is 2.35. The molecule has 0 aromatic rings. The highest BCUT2D eigenvalue weighted by Gasteiger charge is 2.34. The van der Waals surface area contributed by atoms with Crippen molar-refractivity contribution >= 4 is 18.4 Å². The smallest absolute Gasteiger partial charge is 0.330 e. The van der Waals surface area contributed by atoms with E-state index < -0.39 is 6.10 Å². The van der Waals surface area contributed by atoms with Crippen LogP contribution in [0.15, 0.2) is 24.3 Å². The van der Waals surface area contributed by atoms with Crippen molar-refractivity contribution in [1.82, 2.24) is 0 Å². The molecule has 0 bridgehead atoms. The number of carbonyl (C=O) groups excluding carboxylic acids is 1. The highest BCUT2D eigenvalue weighted by atomic mass is 35.5. The zero-order chi connectivity index (χ0) is 14.5. The first-order valence-electron chi connectivity index (χ1n) is 7.55. The first-order chi connectivity index (χ1) is 9.56. The van der Waals surface area contributed by atoms with Crippen LogP contribution in [0.4, 0.5) is 0 Å². The molecule has 4 nitrogen and oxygen atoms in total. The average molecular weight is 316 g/mol. The summed E-state index contributed by atoms with van der Waals surface area (Å²) >= 11 is 0. The van der Waals surface area contributed by atoms with Crippen molar-refractivity contribution < 1.29 is 14.6 Å². The number of rotatable bonds is 0. The minimum atomic E-state index is -0.637. The van der Waals surface area contributed by atoms with E-state index in [1.54, 1.807) is 6.08 Å². The van der Waals surface area contributed by atoms with E-state index in [0.717, 1.165) is 32.1 Å². The maximum Gasteiger partial charge on any atom is 0.330 e. The Hall–Kier alpha value is -0.840. The summed E-state index contributed by atoms with van der Waals surface area (Å²) in [6.45, 7) is 1.90. The second-order valence-electron chi connectivity index (χ2n) is 6.02. The van der Waals surface area contributed by atoms with Crippen molar-refractivity contribution in [2.45, 2.75) is 57.3 Å². The molecular weight excluding hydrogens is 290 g/mol. The van der Waals surface area contributed by atoms with E-state index in [2.05, 4.69) is 12.2 Å². The number of carbonyl (C=O) groups is 1. The van der Waals surface area contributed by atoms with Crippen LogP contribution in [0, 0.1) is 11.8 Å². The van der Waals surface area contributed by atoms with E-state index in [4.69, 9.17) is 10.5 Å². The quantitative estimate of drug-likeness (QED) is 0.531. The van der Waals surface area contributed by atoms with Gasteiger partial charge in [-0.15, -0.1) is 12.4 Å². The number of esters is 1. The summed E-state index contributed by atoms with van der Waals surface area (Å²) in [5.74, 6) is 0.0323. The summed E-state index contributed by atoms with van der Waals surface area (Å²) in [4.78, 5) is 11.6. The van der Waals surface area contributed by atoms with Crippen LogP contribution < -0.4 is 5.73 Å². The molecule has 120 valence electrons. The Morgan fingerprint density at radius 1 is 1.33 bits per heavy atom. The monoisotopic (exact) mass is 315 g/mol. The van der Waals surface area contributed by atoms with Gasteiger partial charge in [-0.1, -0.05) is 12.2 Å². The zero-order valence-electron chi connectivity index (χ0n) is 12.5. The topological polar surface area (TPSA) is 72.5 Å². The van der Waals surface area contributed by atoms with Crippen molar-refractivity contribution in [3.05, 3.63) is 24.3 Å². The average Bonchev–Trinajstić information content (AvgIpc) is 2.76. The Labute approximate surface area is 132 Å². The minimum Gasteiger partial charge on any atom is -0.460 e. The number of halogens is 1. The second kappa shape index (κ2) is 8.57. The summed E-state index contributed by atoms with van der Waals surface area (Å²) < 4.78 is 5.26. The Kier molecular flexibility index (Phi) is 7.43. The molecule has 1 aliphatic heterocycles. The number of allylic oxidation sites excluding steroid dienone is 2.